The Morgan fingerprint density at radius 2 is 1.88 bits per heavy atom. The van der Waals surface area contributed by atoms with Crippen LogP contribution in [0.1, 0.15) is 43.1 Å². The Kier molecular flexibility index (Phi) is 7.16. The Balaban J connectivity index is 1.54. The number of hydrogen-bond donors (Lipinski definition) is 1. The summed E-state index contributed by atoms with van der Waals surface area (Å²) in [4.78, 5) is 17.1. The van der Waals surface area contributed by atoms with Crippen LogP contribution < -0.4 is 10.2 Å². The van der Waals surface area contributed by atoms with Crippen LogP contribution in [0, 0.1) is 26.7 Å². The number of piperidine rings is 1. The van der Waals surface area contributed by atoms with Gasteiger partial charge in [-0.25, -0.2) is 4.68 Å². The number of amides is 1. The van der Waals surface area contributed by atoms with Gasteiger partial charge in [0.2, 0.25) is 5.91 Å². The molecule has 3 heterocycles. The number of hydrogen-bond acceptors (Lipinski definition) is 6. The molecule has 182 valence electrons. The van der Waals surface area contributed by atoms with Gasteiger partial charge in [-0.05, 0) is 79.7 Å². The maximum absolute atomic E-state index is 12.7. The Bertz CT molecular complexity index is 1150. The first kappa shape index (κ1) is 24.1. The second-order valence-electron chi connectivity index (χ2n) is 9.88. The molecular weight excluding hydrogens is 426 g/mol. The fraction of sp³-hybridized carbons (Fsp3) is 0.538. The summed E-state index contributed by atoms with van der Waals surface area (Å²) in [6.07, 6.45) is 2.57. The minimum Gasteiger partial charge on any atom is -0.356 e. The quantitative estimate of drug-likeness (QED) is 0.541. The summed E-state index contributed by atoms with van der Waals surface area (Å²) in [5, 5.41) is 18.2. The second kappa shape index (κ2) is 10.1. The van der Waals surface area contributed by atoms with E-state index in [2.05, 4.69) is 84.4 Å². The zero-order valence-electron chi connectivity index (χ0n) is 21.3. The molecule has 0 bridgehead atoms. The molecule has 8 nitrogen and oxygen atoms in total. The molecule has 4 rings (SSSR count). The smallest absolute Gasteiger partial charge is 0.223 e. The molecule has 1 saturated heterocycles. The minimum absolute atomic E-state index is 0.0337. The van der Waals surface area contributed by atoms with E-state index in [-0.39, 0.29) is 17.9 Å². The number of anilines is 1. The van der Waals surface area contributed by atoms with Gasteiger partial charge in [-0.15, -0.1) is 5.10 Å². The van der Waals surface area contributed by atoms with Crippen LogP contribution in [0.2, 0.25) is 0 Å². The first-order valence-corrected chi connectivity index (χ1v) is 12.2. The van der Waals surface area contributed by atoms with Gasteiger partial charge in [-0.3, -0.25) is 4.79 Å². The van der Waals surface area contributed by atoms with Gasteiger partial charge in [0.15, 0.2) is 5.82 Å². The fourth-order valence-electron chi connectivity index (χ4n) is 4.92. The van der Waals surface area contributed by atoms with Gasteiger partial charge in [0, 0.05) is 25.0 Å². The van der Waals surface area contributed by atoms with Crippen molar-refractivity contribution < 1.29 is 4.79 Å². The molecule has 0 saturated carbocycles. The van der Waals surface area contributed by atoms with Crippen molar-refractivity contribution in [2.45, 2.75) is 53.0 Å². The molecule has 0 radical (unpaired) electrons. The molecule has 1 amide bonds. The molecular formula is C26H37N7O. The van der Waals surface area contributed by atoms with Crippen molar-refractivity contribution >= 4 is 22.6 Å². The molecule has 8 heteroatoms. The van der Waals surface area contributed by atoms with Crippen LogP contribution in [0.5, 0.6) is 0 Å². The highest BCUT2D eigenvalue weighted by atomic mass is 16.1. The Labute approximate surface area is 202 Å². The number of nitrogens with zero attached hydrogens (tertiary/aromatic N) is 6. The molecule has 0 spiro atoms. The average Bonchev–Trinajstić information content (AvgIpc) is 3.15. The van der Waals surface area contributed by atoms with Gasteiger partial charge in [0.25, 0.3) is 0 Å². The zero-order chi connectivity index (χ0) is 24.4. The van der Waals surface area contributed by atoms with Crippen LogP contribution in [0.4, 0.5) is 5.82 Å². The Hall–Kier alpha value is -3.00. The largest absolute Gasteiger partial charge is 0.356 e. The van der Waals surface area contributed by atoms with Gasteiger partial charge in [0.1, 0.15) is 5.52 Å². The molecule has 1 aliphatic heterocycles. The summed E-state index contributed by atoms with van der Waals surface area (Å²) in [6, 6.07) is 8.56. The SMILES string of the molecule is Cc1ccc(-n2nc3c(N4CCC(C(=O)NCCCN(C)C)CC4C)nnc(C)c3c2C)cc1. The number of benzene rings is 1. The summed E-state index contributed by atoms with van der Waals surface area (Å²) in [6.45, 7) is 10.8. The molecule has 1 N–H and O–H groups in total. The van der Waals surface area contributed by atoms with Crippen LogP contribution in [-0.4, -0.2) is 70.6 Å². The highest BCUT2D eigenvalue weighted by Crippen LogP contribution is 2.33. The van der Waals surface area contributed by atoms with E-state index in [1.165, 1.54) is 5.56 Å². The van der Waals surface area contributed by atoms with Crippen molar-refractivity contribution in [1.29, 1.82) is 0 Å². The predicted molar refractivity (Wildman–Crippen MR) is 137 cm³/mol. The average molecular weight is 464 g/mol. The Morgan fingerprint density at radius 3 is 2.56 bits per heavy atom. The van der Waals surface area contributed by atoms with Crippen LogP contribution in [0.15, 0.2) is 24.3 Å². The molecule has 3 aromatic rings. The molecule has 2 aromatic heterocycles. The lowest BCUT2D eigenvalue weighted by Gasteiger charge is -2.37. The van der Waals surface area contributed by atoms with E-state index in [0.717, 1.165) is 72.7 Å². The number of aromatic nitrogens is 4. The van der Waals surface area contributed by atoms with E-state index in [4.69, 9.17) is 5.10 Å². The molecule has 2 unspecified atom stereocenters. The summed E-state index contributed by atoms with van der Waals surface area (Å²) in [5.41, 5.74) is 5.07. The highest BCUT2D eigenvalue weighted by molar-refractivity contribution is 5.92. The third-order valence-corrected chi connectivity index (χ3v) is 6.86. The number of nitrogens with one attached hydrogen (secondary N) is 1. The third-order valence-electron chi connectivity index (χ3n) is 6.86. The summed E-state index contributed by atoms with van der Waals surface area (Å²) in [7, 11) is 4.10. The van der Waals surface area contributed by atoms with E-state index >= 15 is 0 Å². The van der Waals surface area contributed by atoms with E-state index in [0.29, 0.717) is 0 Å². The number of rotatable bonds is 7. The number of carbonyl (C=O) groups is 1. The number of carbonyl (C=O) groups excluding carboxylic acids is 1. The van der Waals surface area contributed by atoms with E-state index < -0.39 is 0 Å². The summed E-state index contributed by atoms with van der Waals surface area (Å²) < 4.78 is 1.99. The molecule has 34 heavy (non-hydrogen) atoms. The van der Waals surface area contributed by atoms with E-state index in [1.807, 2.05) is 11.6 Å². The molecule has 1 fully saturated rings. The minimum atomic E-state index is 0.0337. The van der Waals surface area contributed by atoms with Crippen LogP contribution in [0.25, 0.3) is 16.6 Å². The molecule has 0 aliphatic carbocycles. The van der Waals surface area contributed by atoms with Crippen LogP contribution >= 0.6 is 0 Å². The lowest BCUT2D eigenvalue weighted by Crippen LogP contribution is -2.46. The maximum atomic E-state index is 12.7. The Morgan fingerprint density at radius 1 is 1.15 bits per heavy atom. The maximum Gasteiger partial charge on any atom is 0.223 e. The van der Waals surface area contributed by atoms with Crippen molar-refractivity contribution in [3.63, 3.8) is 0 Å². The predicted octanol–water partition coefficient (Wildman–Crippen LogP) is 3.41. The normalized spacial score (nSPS) is 18.6. The van der Waals surface area contributed by atoms with E-state index in [9.17, 15) is 4.79 Å². The van der Waals surface area contributed by atoms with E-state index in [1.54, 1.807) is 0 Å². The van der Waals surface area contributed by atoms with Crippen molar-refractivity contribution in [3.05, 3.63) is 41.2 Å². The third kappa shape index (κ3) is 4.92. The summed E-state index contributed by atoms with van der Waals surface area (Å²) in [5.74, 6) is 1.02. The standard InChI is InChI=1S/C26H37N7O/c1-17-8-10-22(11-9-17)33-20(4)23-19(3)28-29-25(24(23)30-33)32-15-12-21(16-18(32)2)26(34)27-13-7-14-31(5)6/h8-11,18,21H,7,12-16H2,1-6H3,(H,27,34). The number of fused-ring (bicyclic) bond motifs is 1. The van der Waals surface area contributed by atoms with Gasteiger partial charge in [-0.1, -0.05) is 17.7 Å². The summed E-state index contributed by atoms with van der Waals surface area (Å²) >= 11 is 0. The topological polar surface area (TPSA) is 79.2 Å². The van der Waals surface area contributed by atoms with Crippen LogP contribution in [0.3, 0.4) is 0 Å². The molecule has 2 atom stereocenters. The van der Waals surface area contributed by atoms with Gasteiger partial charge < -0.3 is 15.1 Å². The highest BCUT2D eigenvalue weighted by Gasteiger charge is 2.32. The van der Waals surface area contributed by atoms with Gasteiger partial charge in [0.05, 0.1) is 22.5 Å². The van der Waals surface area contributed by atoms with Crippen molar-refractivity contribution in [2.24, 2.45) is 5.92 Å². The first-order chi connectivity index (χ1) is 16.3. The fourth-order valence-corrected chi connectivity index (χ4v) is 4.92. The first-order valence-electron chi connectivity index (χ1n) is 12.2. The van der Waals surface area contributed by atoms with Gasteiger partial charge in [-0.2, -0.15) is 10.2 Å². The monoisotopic (exact) mass is 463 g/mol. The lowest BCUT2D eigenvalue weighted by atomic mass is 9.90. The van der Waals surface area contributed by atoms with Crippen molar-refractivity contribution in [1.82, 2.24) is 30.2 Å². The second-order valence-corrected chi connectivity index (χ2v) is 9.88. The zero-order valence-corrected chi connectivity index (χ0v) is 21.3. The lowest BCUT2D eigenvalue weighted by molar-refractivity contribution is -0.125. The van der Waals surface area contributed by atoms with Crippen LogP contribution in [-0.2, 0) is 4.79 Å². The van der Waals surface area contributed by atoms with Crippen molar-refractivity contribution in [2.75, 3.05) is 38.6 Å². The van der Waals surface area contributed by atoms with Crippen molar-refractivity contribution in [3.8, 4) is 5.69 Å². The number of aryl methyl sites for hydroxylation is 3. The molecule has 1 aromatic carbocycles. The molecule has 1 aliphatic rings. The van der Waals surface area contributed by atoms with Gasteiger partial charge >= 0.3 is 0 Å².